The van der Waals surface area contributed by atoms with Crippen molar-refractivity contribution in [2.45, 2.75) is 39.8 Å². The molecule has 0 spiro atoms. The number of amides is 3. The van der Waals surface area contributed by atoms with Crippen LogP contribution in [-0.4, -0.2) is 70.2 Å². The van der Waals surface area contributed by atoms with Crippen LogP contribution in [0.3, 0.4) is 0 Å². The van der Waals surface area contributed by atoms with Crippen LogP contribution in [0.1, 0.15) is 42.2 Å². The summed E-state index contributed by atoms with van der Waals surface area (Å²) in [6.45, 7) is 5.77. The van der Waals surface area contributed by atoms with Gasteiger partial charge in [-0.05, 0) is 43.5 Å². The molecule has 12 heteroatoms. The van der Waals surface area contributed by atoms with Gasteiger partial charge in [0.05, 0.1) is 32.3 Å². The second-order valence-electron chi connectivity index (χ2n) is 10.8. The number of carbonyl (C=O) groups is 3. The number of para-hydroxylation sites is 1. The lowest BCUT2D eigenvalue weighted by Crippen LogP contribution is -2.52. The molecule has 4 bridgehead atoms. The fourth-order valence-corrected chi connectivity index (χ4v) is 5.06. The van der Waals surface area contributed by atoms with Crippen LogP contribution in [0.5, 0.6) is 11.5 Å². The van der Waals surface area contributed by atoms with E-state index in [0.717, 1.165) is 5.52 Å². The summed E-state index contributed by atoms with van der Waals surface area (Å²) in [5, 5.41) is 10.8. The molecule has 0 saturated carbocycles. The highest BCUT2D eigenvalue weighted by atomic mass is 16.5. The molecule has 2 aromatic heterocycles. The van der Waals surface area contributed by atoms with Gasteiger partial charge in [0.1, 0.15) is 17.5 Å². The third-order valence-electron chi connectivity index (χ3n) is 7.41. The molecule has 0 saturated heterocycles. The van der Waals surface area contributed by atoms with E-state index in [4.69, 9.17) is 13.9 Å². The van der Waals surface area contributed by atoms with Crippen molar-refractivity contribution in [3.05, 3.63) is 59.6 Å². The van der Waals surface area contributed by atoms with E-state index >= 15 is 0 Å². The first-order valence-electron chi connectivity index (χ1n) is 14.2. The number of aryl methyl sites for hydroxylation is 2. The van der Waals surface area contributed by atoms with Gasteiger partial charge in [-0.2, -0.15) is 5.10 Å². The second kappa shape index (κ2) is 12.6. The average molecular weight is 589 g/mol. The van der Waals surface area contributed by atoms with Gasteiger partial charge in [-0.25, -0.2) is 4.98 Å². The first kappa shape index (κ1) is 29.6. The van der Waals surface area contributed by atoms with Crippen LogP contribution in [0.25, 0.3) is 22.4 Å². The van der Waals surface area contributed by atoms with E-state index in [1.807, 2.05) is 44.2 Å². The van der Waals surface area contributed by atoms with Gasteiger partial charge in [0.15, 0.2) is 17.2 Å². The van der Waals surface area contributed by atoms with Crippen molar-refractivity contribution in [3.63, 3.8) is 0 Å². The van der Waals surface area contributed by atoms with E-state index in [2.05, 4.69) is 20.7 Å². The van der Waals surface area contributed by atoms with Gasteiger partial charge in [0.25, 0.3) is 5.91 Å². The highest BCUT2D eigenvalue weighted by Crippen LogP contribution is 2.33. The molecule has 43 heavy (non-hydrogen) atoms. The minimum Gasteiger partial charge on any atom is -0.493 e. The van der Waals surface area contributed by atoms with E-state index in [9.17, 15) is 14.4 Å². The minimum atomic E-state index is -0.821. The Kier molecular flexibility index (Phi) is 8.65. The molecule has 3 heterocycles. The van der Waals surface area contributed by atoms with E-state index in [-0.39, 0.29) is 49.7 Å². The molecule has 0 unspecified atom stereocenters. The quantitative estimate of drug-likeness (QED) is 0.372. The topological polar surface area (TPSA) is 141 Å². The number of benzene rings is 2. The lowest BCUT2D eigenvalue weighted by molar-refractivity contribution is -0.130. The van der Waals surface area contributed by atoms with Crippen LogP contribution in [0.15, 0.2) is 46.9 Å². The zero-order valence-electron chi connectivity index (χ0n) is 25.0. The highest BCUT2D eigenvalue weighted by Gasteiger charge is 2.28. The Morgan fingerprint density at radius 2 is 1.95 bits per heavy atom. The zero-order valence-corrected chi connectivity index (χ0v) is 25.0. The normalized spacial score (nSPS) is 16.7. The fourth-order valence-electron chi connectivity index (χ4n) is 5.06. The Morgan fingerprint density at radius 3 is 2.72 bits per heavy atom. The Balaban J connectivity index is 1.47. The Hall–Kier alpha value is -4.87. The third kappa shape index (κ3) is 6.32. The molecule has 0 aliphatic carbocycles. The standard InChI is InChI=1S/C31H36N6O6/c1-18(2)27-29(39)32-16-22-19(3)43-30(33-22)20-11-12-24(41-5)25(15-20)42-14-8-13-37(17-26(38)34-27)31(40)28-21-9-6-7-10-23(21)36(4)35-28/h6-7,9-12,15,18,27H,8,13-14,16-17H2,1-5H3,(H,32,39)(H,34,38)/t27-/m0/s1. The first-order chi connectivity index (χ1) is 20.7. The molecule has 2 aromatic carbocycles. The monoisotopic (exact) mass is 588 g/mol. The Bertz CT molecular complexity index is 1660. The molecular weight excluding hydrogens is 552 g/mol. The third-order valence-corrected chi connectivity index (χ3v) is 7.41. The van der Waals surface area contributed by atoms with E-state index in [0.29, 0.717) is 46.2 Å². The van der Waals surface area contributed by atoms with Crippen molar-refractivity contribution in [1.29, 1.82) is 0 Å². The van der Waals surface area contributed by atoms with Crippen molar-refractivity contribution in [2.24, 2.45) is 13.0 Å². The van der Waals surface area contributed by atoms with Crippen LogP contribution >= 0.6 is 0 Å². The molecule has 1 atom stereocenters. The van der Waals surface area contributed by atoms with Crippen LogP contribution in [0.2, 0.25) is 0 Å². The molecular formula is C31H36N6O6. The number of aromatic nitrogens is 3. The summed E-state index contributed by atoms with van der Waals surface area (Å²) >= 11 is 0. The summed E-state index contributed by atoms with van der Waals surface area (Å²) in [7, 11) is 3.32. The molecule has 2 N–H and O–H groups in total. The summed E-state index contributed by atoms with van der Waals surface area (Å²) in [5.74, 6) is 0.537. The van der Waals surface area contributed by atoms with Crippen molar-refractivity contribution in [2.75, 3.05) is 26.8 Å². The predicted molar refractivity (Wildman–Crippen MR) is 159 cm³/mol. The molecule has 226 valence electrons. The zero-order chi connectivity index (χ0) is 30.7. The fraction of sp³-hybridized carbons (Fsp3) is 0.387. The van der Waals surface area contributed by atoms with Crippen LogP contribution in [-0.2, 0) is 23.2 Å². The number of methoxy groups -OCH3 is 1. The lowest BCUT2D eigenvalue weighted by Gasteiger charge is -2.25. The molecule has 3 amide bonds. The number of fused-ring (bicyclic) bond motifs is 6. The van der Waals surface area contributed by atoms with Gasteiger partial charge in [-0.1, -0.05) is 32.0 Å². The van der Waals surface area contributed by atoms with Gasteiger partial charge < -0.3 is 29.4 Å². The average Bonchev–Trinajstić information content (AvgIpc) is 3.54. The second-order valence-corrected chi connectivity index (χ2v) is 10.8. The summed E-state index contributed by atoms with van der Waals surface area (Å²) in [5.41, 5.74) is 2.30. The maximum atomic E-state index is 13.8. The van der Waals surface area contributed by atoms with Gasteiger partial charge in [-0.15, -0.1) is 0 Å². The summed E-state index contributed by atoms with van der Waals surface area (Å²) in [6, 6.07) is 12.0. The van der Waals surface area contributed by atoms with E-state index in [1.54, 1.807) is 37.9 Å². The number of nitrogens with zero attached hydrogens (tertiary/aromatic N) is 4. The maximum absolute atomic E-state index is 13.8. The van der Waals surface area contributed by atoms with Gasteiger partial charge in [-0.3, -0.25) is 19.1 Å². The number of hydrogen-bond acceptors (Lipinski definition) is 8. The lowest BCUT2D eigenvalue weighted by atomic mass is 10.0. The number of rotatable bonds is 3. The number of hydrogen-bond donors (Lipinski definition) is 2. The molecule has 5 rings (SSSR count). The maximum Gasteiger partial charge on any atom is 0.275 e. The number of carbonyl (C=O) groups excluding carboxylic acids is 3. The number of oxazole rings is 1. The first-order valence-corrected chi connectivity index (χ1v) is 14.2. The van der Waals surface area contributed by atoms with Gasteiger partial charge in [0.2, 0.25) is 17.7 Å². The molecule has 0 fully saturated rings. The Morgan fingerprint density at radius 1 is 1.16 bits per heavy atom. The van der Waals surface area contributed by atoms with Crippen molar-refractivity contribution in [3.8, 4) is 23.0 Å². The number of ether oxygens (including phenoxy) is 2. The van der Waals surface area contributed by atoms with Crippen LogP contribution in [0, 0.1) is 12.8 Å². The van der Waals surface area contributed by atoms with Crippen molar-refractivity contribution in [1.82, 2.24) is 30.3 Å². The van der Waals surface area contributed by atoms with Gasteiger partial charge >= 0.3 is 0 Å². The molecule has 0 radical (unpaired) electrons. The SMILES string of the molecule is COc1ccc2cc1OCCCN(C(=O)c1nn(C)c3ccccc13)CC(=O)N[C@@H](C(C)C)C(=O)NCc1nc-2oc1C. The Labute approximate surface area is 249 Å². The van der Waals surface area contributed by atoms with Crippen LogP contribution < -0.4 is 20.1 Å². The smallest absolute Gasteiger partial charge is 0.275 e. The largest absolute Gasteiger partial charge is 0.493 e. The van der Waals surface area contributed by atoms with Crippen molar-refractivity contribution < 1.29 is 28.3 Å². The van der Waals surface area contributed by atoms with Crippen LogP contribution in [0.4, 0.5) is 0 Å². The predicted octanol–water partition coefficient (Wildman–Crippen LogP) is 3.23. The summed E-state index contributed by atoms with van der Waals surface area (Å²) in [4.78, 5) is 46.4. The minimum absolute atomic E-state index is 0.115. The van der Waals surface area contributed by atoms with Crippen molar-refractivity contribution >= 4 is 28.6 Å². The number of nitrogens with one attached hydrogen (secondary N) is 2. The van der Waals surface area contributed by atoms with Gasteiger partial charge in [0, 0.05) is 24.5 Å². The molecule has 4 aromatic rings. The highest BCUT2D eigenvalue weighted by molar-refractivity contribution is 6.05. The molecule has 1 aliphatic rings. The molecule has 1 aliphatic heterocycles. The van der Waals surface area contributed by atoms with E-state index in [1.165, 1.54) is 4.90 Å². The van der Waals surface area contributed by atoms with E-state index < -0.39 is 11.9 Å². The molecule has 12 nitrogen and oxygen atoms in total. The summed E-state index contributed by atoms with van der Waals surface area (Å²) < 4.78 is 19.1. The summed E-state index contributed by atoms with van der Waals surface area (Å²) in [6.07, 6.45) is 0.410.